The van der Waals surface area contributed by atoms with E-state index >= 15 is 0 Å². The molecular formula is C21H19ClN6O. The number of likely N-dealkylation sites (tertiary alicyclic amines) is 1. The first kappa shape index (κ1) is 19.0. The van der Waals surface area contributed by atoms with Crippen LogP contribution in [-0.2, 0) is 4.79 Å². The van der Waals surface area contributed by atoms with Gasteiger partial charge in [-0.2, -0.15) is 10.4 Å². The van der Waals surface area contributed by atoms with E-state index in [0.29, 0.717) is 36.2 Å². The molecule has 0 spiro atoms. The number of nitrogens with zero attached hydrogens (tertiary/aromatic N) is 5. The molecule has 2 aromatic rings. The van der Waals surface area contributed by atoms with Gasteiger partial charge in [0.1, 0.15) is 0 Å². The summed E-state index contributed by atoms with van der Waals surface area (Å²) in [4.78, 5) is 18.8. The summed E-state index contributed by atoms with van der Waals surface area (Å²) in [7, 11) is 0. The lowest BCUT2D eigenvalue weighted by molar-refractivity contribution is -0.128. The van der Waals surface area contributed by atoms with Gasteiger partial charge in [0.25, 0.3) is 0 Å². The molecule has 29 heavy (non-hydrogen) atoms. The number of carbonyl (C=O) groups excluding carboxylic acids is 1. The Kier molecular flexibility index (Phi) is 5.45. The van der Waals surface area contributed by atoms with Crippen LogP contribution in [-0.4, -0.2) is 46.6 Å². The average Bonchev–Trinajstić information content (AvgIpc) is 3.35. The Morgan fingerprint density at radius 3 is 2.62 bits per heavy atom. The maximum absolute atomic E-state index is 12.4. The third kappa shape index (κ3) is 4.08. The maximum atomic E-state index is 12.4. The predicted molar refractivity (Wildman–Crippen MR) is 112 cm³/mol. The highest BCUT2D eigenvalue weighted by Gasteiger charge is 2.38. The zero-order chi connectivity index (χ0) is 20.2. The van der Waals surface area contributed by atoms with Crippen molar-refractivity contribution in [2.75, 3.05) is 13.1 Å². The van der Waals surface area contributed by atoms with Crippen LogP contribution in [0.15, 0.2) is 64.7 Å². The summed E-state index contributed by atoms with van der Waals surface area (Å²) >= 11 is 6.04. The van der Waals surface area contributed by atoms with Crippen LogP contribution in [0.2, 0.25) is 5.02 Å². The number of guanidine groups is 1. The van der Waals surface area contributed by atoms with E-state index < -0.39 is 0 Å². The van der Waals surface area contributed by atoms with Crippen molar-refractivity contribution in [1.29, 1.82) is 5.26 Å². The van der Waals surface area contributed by atoms with E-state index in [2.05, 4.69) is 10.3 Å². The van der Waals surface area contributed by atoms with Crippen LogP contribution < -0.4 is 5.32 Å². The van der Waals surface area contributed by atoms with E-state index in [1.807, 2.05) is 53.6 Å². The van der Waals surface area contributed by atoms with Crippen molar-refractivity contribution in [1.82, 2.24) is 15.2 Å². The van der Waals surface area contributed by atoms with Crippen LogP contribution in [0.5, 0.6) is 0 Å². The second-order valence-corrected chi connectivity index (χ2v) is 7.22. The molecule has 2 heterocycles. The van der Waals surface area contributed by atoms with Gasteiger partial charge in [-0.15, -0.1) is 0 Å². The Morgan fingerprint density at radius 2 is 1.97 bits per heavy atom. The number of nitrogens with one attached hydrogen (secondary N) is 1. The van der Waals surface area contributed by atoms with E-state index in [0.717, 1.165) is 17.7 Å². The van der Waals surface area contributed by atoms with Crippen molar-refractivity contribution in [3.05, 3.63) is 65.2 Å². The molecule has 8 heteroatoms. The largest absolute Gasteiger partial charge is 0.332 e. The first-order valence-corrected chi connectivity index (χ1v) is 9.74. The first-order valence-electron chi connectivity index (χ1n) is 9.36. The number of rotatable bonds is 3. The van der Waals surface area contributed by atoms with Gasteiger partial charge in [-0.1, -0.05) is 41.9 Å². The number of hydrogen-bond acceptors (Lipinski definition) is 4. The van der Waals surface area contributed by atoms with Gasteiger partial charge in [-0.25, -0.2) is 10.0 Å². The van der Waals surface area contributed by atoms with Gasteiger partial charge < -0.3 is 4.90 Å². The van der Waals surface area contributed by atoms with Crippen LogP contribution in [0.25, 0.3) is 0 Å². The molecule has 7 nitrogen and oxygen atoms in total. The van der Waals surface area contributed by atoms with Gasteiger partial charge in [-0.05, 0) is 30.7 Å². The van der Waals surface area contributed by atoms with Gasteiger partial charge in [0.05, 0.1) is 24.0 Å². The number of aliphatic imine (C=N–C) groups is 1. The predicted octanol–water partition coefficient (Wildman–Crippen LogP) is 3.11. The molecule has 1 atom stereocenters. The normalized spacial score (nSPS) is 19.3. The van der Waals surface area contributed by atoms with Crippen LogP contribution in [0, 0.1) is 11.5 Å². The lowest BCUT2D eigenvalue weighted by Crippen LogP contribution is -2.45. The summed E-state index contributed by atoms with van der Waals surface area (Å²) in [6.07, 6.45) is 3.32. The van der Waals surface area contributed by atoms with Gasteiger partial charge in [0.2, 0.25) is 11.9 Å². The molecule has 0 radical (unpaired) electrons. The zero-order valence-electron chi connectivity index (χ0n) is 15.6. The molecule has 0 aliphatic carbocycles. The second-order valence-electron chi connectivity index (χ2n) is 6.79. The fourth-order valence-electron chi connectivity index (χ4n) is 3.56. The highest BCUT2D eigenvalue weighted by molar-refractivity contribution is 6.30. The van der Waals surface area contributed by atoms with Crippen LogP contribution in [0.1, 0.15) is 18.4 Å². The molecule has 4 rings (SSSR count). The molecular weight excluding hydrogens is 388 g/mol. The van der Waals surface area contributed by atoms with Crippen LogP contribution >= 0.6 is 11.6 Å². The van der Waals surface area contributed by atoms with Crippen molar-refractivity contribution < 1.29 is 4.79 Å². The number of nitriles is 1. The standard InChI is InChI=1S/C21H19ClN6O/c22-16-10-8-15(9-11-16)20-18(27-12-4-7-19(27)29)13-28(26-20)21(24-14-23)25-17-5-2-1-3-6-17/h1-3,5-6,8-11,18H,4,7,12-13H2,(H,24,25). The molecule has 2 aliphatic rings. The third-order valence-corrected chi connectivity index (χ3v) is 5.17. The number of hydrogen-bond donors (Lipinski definition) is 1. The molecule has 0 saturated carbocycles. The lowest BCUT2D eigenvalue weighted by atomic mass is 10.0. The van der Waals surface area contributed by atoms with E-state index in [9.17, 15) is 10.1 Å². The smallest absolute Gasteiger partial charge is 0.233 e. The minimum atomic E-state index is -0.215. The fourth-order valence-corrected chi connectivity index (χ4v) is 3.69. The van der Waals surface area contributed by atoms with Crippen LogP contribution in [0.3, 0.4) is 0 Å². The molecule has 1 N–H and O–H groups in total. The highest BCUT2D eigenvalue weighted by atomic mass is 35.5. The minimum absolute atomic E-state index is 0.119. The molecule has 1 saturated heterocycles. The summed E-state index contributed by atoms with van der Waals surface area (Å²) in [6.45, 7) is 1.12. The second kappa shape index (κ2) is 8.33. The SMILES string of the molecule is N#CNC(=Nc1ccccc1)N1CC(N2CCCC2=O)C(c2ccc(Cl)cc2)=N1. The number of para-hydroxylation sites is 1. The van der Waals surface area contributed by atoms with E-state index in [1.165, 1.54) is 0 Å². The number of amides is 1. The fraction of sp³-hybridized carbons (Fsp3) is 0.238. The average molecular weight is 407 g/mol. The van der Waals surface area contributed by atoms with Crippen molar-refractivity contribution in [3.8, 4) is 6.19 Å². The Balaban J connectivity index is 1.71. The number of carbonyl (C=O) groups is 1. The van der Waals surface area contributed by atoms with Gasteiger partial charge in [-0.3, -0.25) is 10.1 Å². The van der Waals surface area contributed by atoms with Crippen molar-refractivity contribution >= 4 is 34.9 Å². The van der Waals surface area contributed by atoms with Gasteiger partial charge >= 0.3 is 0 Å². The molecule has 1 amide bonds. The molecule has 146 valence electrons. The molecule has 1 fully saturated rings. The topological polar surface area (TPSA) is 84.1 Å². The Bertz CT molecular complexity index is 996. The van der Waals surface area contributed by atoms with Gasteiger partial charge in [0.15, 0.2) is 6.19 Å². The van der Waals surface area contributed by atoms with Crippen molar-refractivity contribution in [3.63, 3.8) is 0 Å². The number of benzene rings is 2. The Hall–Kier alpha value is -3.37. The molecule has 2 aromatic carbocycles. The lowest BCUT2D eigenvalue weighted by Gasteiger charge is -2.25. The minimum Gasteiger partial charge on any atom is -0.332 e. The number of halogens is 1. The van der Waals surface area contributed by atoms with Crippen LogP contribution in [0.4, 0.5) is 5.69 Å². The quantitative estimate of drug-likeness (QED) is 0.367. The Morgan fingerprint density at radius 1 is 1.21 bits per heavy atom. The monoisotopic (exact) mass is 406 g/mol. The van der Waals surface area contributed by atoms with Crippen molar-refractivity contribution in [2.24, 2.45) is 10.1 Å². The molecule has 2 aliphatic heterocycles. The van der Waals surface area contributed by atoms with E-state index in [1.54, 1.807) is 17.1 Å². The summed E-state index contributed by atoms with van der Waals surface area (Å²) in [6, 6.07) is 16.5. The number of hydrazone groups is 1. The van der Waals surface area contributed by atoms with E-state index in [-0.39, 0.29) is 11.9 Å². The Labute approximate surface area is 173 Å². The highest BCUT2D eigenvalue weighted by Crippen LogP contribution is 2.25. The summed E-state index contributed by atoms with van der Waals surface area (Å²) in [5, 5.41) is 18.9. The molecule has 0 bridgehead atoms. The van der Waals surface area contributed by atoms with Gasteiger partial charge in [0, 0.05) is 23.6 Å². The van der Waals surface area contributed by atoms with E-state index in [4.69, 9.17) is 16.7 Å². The summed E-state index contributed by atoms with van der Waals surface area (Å²) in [5.41, 5.74) is 2.35. The third-order valence-electron chi connectivity index (χ3n) is 4.92. The first-order chi connectivity index (χ1) is 14.2. The maximum Gasteiger partial charge on any atom is 0.233 e. The summed E-state index contributed by atoms with van der Waals surface area (Å²) in [5.74, 6) is 0.438. The molecule has 0 aromatic heterocycles. The van der Waals surface area contributed by atoms with Crippen molar-refractivity contribution in [2.45, 2.75) is 18.9 Å². The molecule has 1 unspecified atom stereocenters. The zero-order valence-corrected chi connectivity index (χ0v) is 16.4. The summed E-state index contributed by atoms with van der Waals surface area (Å²) < 4.78 is 0.